The van der Waals surface area contributed by atoms with Crippen molar-refractivity contribution in [2.24, 2.45) is 0 Å². The Bertz CT molecular complexity index is 405. The molecule has 0 aliphatic carbocycles. The topological polar surface area (TPSA) is 140 Å². The Labute approximate surface area is 103 Å². The van der Waals surface area contributed by atoms with Crippen molar-refractivity contribution in [2.45, 2.75) is 32.0 Å². The van der Waals surface area contributed by atoms with E-state index in [2.05, 4.69) is 25.8 Å². The van der Waals surface area contributed by atoms with E-state index in [9.17, 15) is 14.7 Å². The zero-order valence-corrected chi connectivity index (χ0v) is 9.91. The van der Waals surface area contributed by atoms with Crippen LogP contribution in [0.5, 0.6) is 0 Å². The number of hydrogen-bond donors (Lipinski definition) is 5. The Kier molecular flexibility index (Phi) is 4.60. The Balaban J connectivity index is 2.53. The van der Waals surface area contributed by atoms with Gasteiger partial charge in [0, 0.05) is 0 Å². The molecule has 9 heteroatoms. The summed E-state index contributed by atoms with van der Waals surface area (Å²) in [4.78, 5) is 26.1. The Morgan fingerprint density at radius 3 is 2.50 bits per heavy atom. The Morgan fingerprint density at radius 1 is 1.39 bits per heavy atom. The molecule has 0 radical (unpaired) electrons. The van der Waals surface area contributed by atoms with Gasteiger partial charge in [0.2, 0.25) is 0 Å². The van der Waals surface area contributed by atoms with Crippen LogP contribution in [0, 0.1) is 0 Å². The predicted molar refractivity (Wildman–Crippen MR) is 59.6 cm³/mol. The summed E-state index contributed by atoms with van der Waals surface area (Å²) in [6, 6.07) is -2.55. The Hall–Kier alpha value is -2.16. The van der Waals surface area contributed by atoms with Gasteiger partial charge in [-0.15, -0.1) is 0 Å². The molecule has 0 spiro atoms. The molecule has 0 aromatic carbocycles. The number of nitrogens with one attached hydrogen (secondary N) is 3. The van der Waals surface area contributed by atoms with E-state index >= 15 is 0 Å². The van der Waals surface area contributed by atoms with Gasteiger partial charge in [-0.3, -0.25) is 5.10 Å². The summed E-state index contributed by atoms with van der Waals surface area (Å²) in [5.41, 5.74) is 0. The molecule has 9 nitrogen and oxygen atoms in total. The van der Waals surface area contributed by atoms with E-state index in [1.54, 1.807) is 6.92 Å². The second-order valence-electron chi connectivity index (χ2n) is 3.77. The molecular weight excluding hydrogens is 242 g/mol. The number of aromatic nitrogens is 3. The number of urea groups is 1. The van der Waals surface area contributed by atoms with Crippen molar-refractivity contribution in [2.75, 3.05) is 0 Å². The number of aromatic amines is 1. The minimum Gasteiger partial charge on any atom is -0.480 e. The average molecular weight is 257 g/mol. The van der Waals surface area contributed by atoms with E-state index in [4.69, 9.17) is 5.11 Å². The number of aliphatic hydroxyl groups is 1. The van der Waals surface area contributed by atoms with Gasteiger partial charge in [0.1, 0.15) is 12.2 Å². The van der Waals surface area contributed by atoms with Gasteiger partial charge in [-0.05, 0) is 13.8 Å². The van der Waals surface area contributed by atoms with Gasteiger partial charge >= 0.3 is 12.0 Å². The summed E-state index contributed by atoms with van der Waals surface area (Å²) in [6.07, 6.45) is 0.0928. The first-order valence-electron chi connectivity index (χ1n) is 5.25. The molecule has 0 saturated carbocycles. The van der Waals surface area contributed by atoms with Crippen LogP contribution in [0.1, 0.15) is 25.7 Å². The first kappa shape index (κ1) is 13.9. The van der Waals surface area contributed by atoms with Crippen LogP contribution in [0.15, 0.2) is 6.33 Å². The number of carbonyl (C=O) groups excluding carboxylic acids is 1. The molecular formula is C9H15N5O4. The molecule has 0 saturated heterocycles. The van der Waals surface area contributed by atoms with Crippen molar-refractivity contribution < 1.29 is 19.8 Å². The second-order valence-corrected chi connectivity index (χ2v) is 3.77. The fourth-order valence-electron chi connectivity index (χ4n) is 1.26. The first-order valence-corrected chi connectivity index (χ1v) is 5.25. The zero-order valence-electron chi connectivity index (χ0n) is 9.91. The number of aliphatic carboxylic acids is 1. The van der Waals surface area contributed by atoms with Crippen molar-refractivity contribution in [1.29, 1.82) is 0 Å². The van der Waals surface area contributed by atoms with Crippen LogP contribution in [0.25, 0.3) is 0 Å². The molecule has 0 aliphatic heterocycles. The summed E-state index contributed by atoms with van der Waals surface area (Å²) in [7, 11) is 0. The number of H-pyrrole nitrogens is 1. The lowest BCUT2D eigenvalue weighted by atomic mass is 10.2. The molecule has 1 aromatic rings. The third kappa shape index (κ3) is 3.70. The lowest BCUT2D eigenvalue weighted by Gasteiger charge is -2.19. The van der Waals surface area contributed by atoms with Crippen LogP contribution < -0.4 is 10.6 Å². The van der Waals surface area contributed by atoms with E-state index in [-0.39, 0.29) is 0 Å². The Morgan fingerprint density at radius 2 is 2.06 bits per heavy atom. The summed E-state index contributed by atoms with van der Waals surface area (Å²) >= 11 is 0. The van der Waals surface area contributed by atoms with Gasteiger partial charge in [-0.2, -0.15) is 5.10 Å². The molecule has 0 bridgehead atoms. The number of aliphatic hydroxyl groups excluding tert-OH is 1. The van der Waals surface area contributed by atoms with Gasteiger partial charge in [-0.1, -0.05) is 0 Å². The quantitative estimate of drug-likeness (QED) is 0.458. The SMILES string of the molecule is CC(NC(=O)NC(C(=O)O)C(C)O)c1ncn[nH]1. The maximum Gasteiger partial charge on any atom is 0.328 e. The molecule has 1 rings (SSSR count). The minimum absolute atomic E-state index is 0.439. The highest BCUT2D eigenvalue weighted by Crippen LogP contribution is 2.03. The molecule has 0 aliphatic rings. The highest BCUT2D eigenvalue weighted by atomic mass is 16.4. The number of carbonyl (C=O) groups is 2. The zero-order chi connectivity index (χ0) is 13.7. The normalized spacial score (nSPS) is 15.5. The summed E-state index contributed by atoms with van der Waals surface area (Å²) in [6.45, 7) is 2.93. The van der Waals surface area contributed by atoms with Crippen LogP contribution in [0.4, 0.5) is 4.79 Å². The summed E-state index contributed by atoms with van der Waals surface area (Å²) in [5.74, 6) is -0.874. The highest BCUT2D eigenvalue weighted by molar-refractivity contribution is 5.83. The van der Waals surface area contributed by atoms with Crippen LogP contribution in [0.3, 0.4) is 0 Å². The molecule has 18 heavy (non-hydrogen) atoms. The third-order valence-electron chi connectivity index (χ3n) is 2.23. The van der Waals surface area contributed by atoms with E-state index < -0.39 is 30.2 Å². The van der Waals surface area contributed by atoms with Crippen molar-refractivity contribution >= 4 is 12.0 Å². The smallest absolute Gasteiger partial charge is 0.328 e. The van der Waals surface area contributed by atoms with Crippen molar-refractivity contribution in [3.8, 4) is 0 Å². The second kappa shape index (κ2) is 5.96. The van der Waals surface area contributed by atoms with Gasteiger partial charge in [0.05, 0.1) is 12.1 Å². The fourth-order valence-corrected chi connectivity index (χ4v) is 1.26. The van der Waals surface area contributed by atoms with Crippen LogP contribution in [0.2, 0.25) is 0 Å². The predicted octanol–water partition coefficient (Wildman–Crippen LogP) is -1.00. The largest absolute Gasteiger partial charge is 0.480 e. The number of hydrogen-bond acceptors (Lipinski definition) is 5. The van der Waals surface area contributed by atoms with Crippen LogP contribution >= 0.6 is 0 Å². The van der Waals surface area contributed by atoms with Crippen molar-refractivity contribution in [1.82, 2.24) is 25.8 Å². The molecule has 3 unspecified atom stereocenters. The van der Waals surface area contributed by atoms with Gasteiger partial charge in [0.15, 0.2) is 6.04 Å². The van der Waals surface area contributed by atoms with Crippen molar-refractivity contribution in [3.63, 3.8) is 0 Å². The lowest BCUT2D eigenvalue weighted by Crippen LogP contribution is -2.51. The number of carboxylic acids is 1. The number of carboxylic acid groups (broad SMARTS) is 1. The molecule has 5 N–H and O–H groups in total. The molecule has 1 aromatic heterocycles. The lowest BCUT2D eigenvalue weighted by molar-refractivity contribution is -0.141. The third-order valence-corrected chi connectivity index (χ3v) is 2.23. The first-order chi connectivity index (χ1) is 8.41. The molecule has 100 valence electrons. The number of amides is 2. The molecule has 3 atom stereocenters. The molecule has 2 amide bonds. The monoisotopic (exact) mass is 257 g/mol. The fraction of sp³-hybridized carbons (Fsp3) is 0.556. The van der Waals surface area contributed by atoms with E-state index in [1.165, 1.54) is 13.3 Å². The standard InChI is InChI=1S/C9H15N5O4/c1-4(7-10-3-11-14-7)12-9(18)13-6(5(2)15)8(16)17/h3-6,15H,1-2H3,(H,16,17)(H,10,11,14)(H2,12,13,18). The van der Waals surface area contributed by atoms with Crippen LogP contribution in [-0.2, 0) is 4.79 Å². The van der Waals surface area contributed by atoms with E-state index in [0.29, 0.717) is 5.82 Å². The summed E-state index contributed by atoms with van der Waals surface area (Å²) in [5, 5.41) is 28.8. The molecule has 1 heterocycles. The summed E-state index contributed by atoms with van der Waals surface area (Å²) < 4.78 is 0. The average Bonchev–Trinajstić information content (AvgIpc) is 2.78. The van der Waals surface area contributed by atoms with Crippen LogP contribution in [-0.4, -0.2) is 49.5 Å². The van der Waals surface area contributed by atoms with E-state index in [1.807, 2.05) is 0 Å². The maximum absolute atomic E-state index is 11.5. The molecule has 0 fully saturated rings. The van der Waals surface area contributed by atoms with Crippen molar-refractivity contribution in [3.05, 3.63) is 12.2 Å². The van der Waals surface area contributed by atoms with Gasteiger partial charge < -0.3 is 20.8 Å². The highest BCUT2D eigenvalue weighted by Gasteiger charge is 2.25. The van der Waals surface area contributed by atoms with E-state index in [0.717, 1.165) is 0 Å². The van der Waals surface area contributed by atoms with Gasteiger partial charge in [0.25, 0.3) is 0 Å². The number of rotatable bonds is 5. The number of nitrogens with zero attached hydrogens (tertiary/aromatic N) is 2. The maximum atomic E-state index is 11.5. The minimum atomic E-state index is -1.37. The van der Waals surface area contributed by atoms with Gasteiger partial charge in [-0.25, -0.2) is 14.6 Å².